The fraction of sp³-hybridized carbons (Fsp3) is 0.909. The van der Waals surface area contributed by atoms with Gasteiger partial charge in [-0.2, -0.15) is 0 Å². The summed E-state index contributed by atoms with van der Waals surface area (Å²) in [4.78, 5) is 50.7. The molecule has 57 heavy (non-hydrogen) atoms. The third kappa shape index (κ3) is 25.3. The number of carbonyl (C=O) groups excluding carboxylic acids is 2. The van der Waals surface area contributed by atoms with E-state index in [-0.39, 0.29) is 24.0 Å². The highest BCUT2D eigenvalue weighted by Gasteiger charge is 2.42. The van der Waals surface area contributed by atoms with Gasteiger partial charge in [0.1, 0.15) is 35.8 Å². The molecule has 0 unspecified atom stereocenters. The van der Waals surface area contributed by atoms with Crippen molar-refractivity contribution >= 4 is 35.5 Å². The topological polar surface area (TPSA) is 203 Å². The molecule has 12 nitrogen and oxygen atoms in total. The van der Waals surface area contributed by atoms with E-state index in [1.165, 1.54) is 116 Å². The van der Waals surface area contributed by atoms with E-state index in [2.05, 4.69) is 24.5 Å². The molecule has 0 aromatic heterocycles. The first-order chi connectivity index (χ1) is 27.4. The van der Waals surface area contributed by atoms with Gasteiger partial charge in [-0.1, -0.05) is 168 Å². The van der Waals surface area contributed by atoms with Crippen LogP contribution in [0.4, 0.5) is 0 Å². The summed E-state index contributed by atoms with van der Waals surface area (Å²) >= 11 is 0.973. The number of hydrogen-bond acceptors (Lipinski definition) is 9. The first-order valence-corrected chi connectivity index (χ1v) is 23.8. The standard InChI is InChI=1S/C44H82N2O10S/c1-4-6-8-10-12-14-16-18-20-22-24-26-28-34(29-27-25-23-21-19-17-15-13-11-9-7-5-2)41(52)46-36(42(53)45-35(43(54)55)30-31-37(47)48)32-57-44-40(51)39(50)38(49)33(3)56-44/h33-36,38-40,44,49-51H,4-32H2,1-3H3,(H,45,53)(H,46,52)(H,47,48)(H,54,55)/t33-,35+,36+,38+,39+,40-,44-/m0/s1. The van der Waals surface area contributed by atoms with Crippen LogP contribution in [0, 0.1) is 5.92 Å². The first-order valence-electron chi connectivity index (χ1n) is 22.8. The summed E-state index contributed by atoms with van der Waals surface area (Å²) in [5, 5.41) is 55.2. The van der Waals surface area contributed by atoms with Crippen molar-refractivity contribution in [3.05, 3.63) is 0 Å². The van der Waals surface area contributed by atoms with E-state index < -0.39 is 66.2 Å². The Balaban J connectivity index is 2.89. The normalized spacial score (nSPS) is 20.6. The lowest BCUT2D eigenvalue weighted by molar-refractivity contribution is -0.192. The van der Waals surface area contributed by atoms with Gasteiger partial charge in [-0.05, 0) is 26.2 Å². The number of hydrogen-bond donors (Lipinski definition) is 7. The number of rotatable bonds is 37. The smallest absolute Gasteiger partial charge is 0.326 e. The number of amides is 2. The van der Waals surface area contributed by atoms with Crippen molar-refractivity contribution in [1.29, 1.82) is 0 Å². The monoisotopic (exact) mass is 831 g/mol. The first kappa shape index (κ1) is 53.1. The Hall–Kier alpha value is -1.93. The van der Waals surface area contributed by atoms with E-state index in [9.17, 15) is 39.6 Å². The fourth-order valence-electron chi connectivity index (χ4n) is 7.48. The highest BCUT2D eigenvalue weighted by atomic mass is 32.2. The zero-order valence-electron chi connectivity index (χ0n) is 35.8. The van der Waals surface area contributed by atoms with Gasteiger partial charge in [0.15, 0.2) is 0 Å². The van der Waals surface area contributed by atoms with Crippen LogP contribution in [0.25, 0.3) is 0 Å². The zero-order chi connectivity index (χ0) is 42.3. The van der Waals surface area contributed by atoms with Crippen molar-refractivity contribution in [3.63, 3.8) is 0 Å². The Morgan fingerprint density at radius 3 is 1.35 bits per heavy atom. The predicted molar refractivity (Wildman–Crippen MR) is 228 cm³/mol. The lowest BCUT2D eigenvalue weighted by atomic mass is 9.93. The van der Waals surface area contributed by atoms with Crippen molar-refractivity contribution in [3.8, 4) is 0 Å². The van der Waals surface area contributed by atoms with Crippen LogP contribution in [0.5, 0.6) is 0 Å². The van der Waals surface area contributed by atoms with Crippen LogP contribution in [-0.4, -0.2) is 97.0 Å². The Bertz CT molecular complexity index is 1040. The molecule has 1 fully saturated rings. The maximum absolute atomic E-state index is 14.0. The van der Waals surface area contributed by atoms with Crippen molar-refractivity contribution in [2.75, 3.05) is 5.75 Å². The second kappa shape index (κ2) is 33.9. The van der Waals surface area contributed by atoms with E-state index in [0.29, 0.717) is 12.8 Å². The molecule has 0 spiro atoms. The van der Waals surface area contributed by atoms with Crippen LogP contribution in [0.15, 0.2) is 0 Å². The molecule has 7 N–H and O–H groups in total. The van der Waals surface area contributed by atoms with Crippen LogP contribution < -0.4 is 10.6 Å². The quantitative estimate of drug-likeness (QED) is 0.0297. The van der Waals surface area contributed by atoms with E-state index in [1.54, 1.807) is 6.92 Å². The summed E-state index contributed by atoms with van der Waals surface area (Å²) in [5.41, 5.74) is -1.02. The molecular formula is C44H82N2O10S. The molecule has 0 bridgehead atoms. The van der Waals surface area contributed by atoms with Gasteiger partial charge in [0.2, 0.25) is 11.8 Å². The van der Waals surface area contributed by atoms with Crippen molar-refractivity contribution < 1.29 is 49.4 Å². The van der Waals surface area contributed by atoms with Crippen LogP contribution in [0.3, 0.4) is 0 Å². The summed E-state index contributed by atoms with van der Waals surface area (Å²) in [6.07, 6.45) is 24.5. The van der Waals surface area contributed by atoms with Gasteiger partial charge in [0.25, 0.3) is 0 Å². The number of aliphatic hydroxyl groups is 3. The van der Waals surface area contributed by atoms with Crippen LogP contribution >= 0.6 is 11.8 Å². The van der Waals surface area contributed by atoms with Gasteiger partial charge in [0.05, 0.1) is 6.10 Å². The molecule has 0 aliphatic carbocycles. The number of thioether (sulfide) groups is 1. The lowest BCUT2D eigenvalue weighted by Crippen LogP contribution is -2.57. The van der Waals surface area contributed by atoms with Gasteiger partial charge in [-0.3, -0.25) is 14.4 Å². The molecule has 1 aliphatic heterocycles. The molecule has 2 amide bonds. The van der Waals surface area contributed by atoms with Gasteiger partial charge in [-0.25, -0.2) is 4.79 Å². The van der Waals surface area contributed by atoms with E-state index in [0.717, 1.165) is 50.3 Å². The molecule has 0 aromatic carbocycles. The average Bonchev–Trinajstić information content (AvgIpc) is 3.18. The van der Waals surface area contributed by atoms with Gasteiger partial charge >= 0.3 is 11.9 Å². The summed E-state index contributed by atoms with van der Waals surface area (Å²) in [5.74, 6) is -4.14. The molecule has 7 atom stereocenters. The Morgan fingerprint density at radius 2 is 0.947 bits per heavy atom. The number of ether oxygens (including phenoxy) is 1. The fourth-order valence-corrected chi connectivity index (χ4v) is 8.71. The highest BCUT2D eigenvalue weighted by molar-refractivity contribution is 7.99. The van der Waals surface area contributed by atoms with Crippen molar-refractivity contribution in [2.24, 2.45) is 5.92 Å². The minimum atomic E-state index is -1.48. The second-order valence-corrected chi connectivity index (χ2v) is 17.6. The predicted octanol–water partition coefficient (Wildman–Crippen LogP) is 8.26. The summed E-state index contributed by atoms with van der Waals surface area (Å²) in [6.45, 7) is 6.02. The van der Waals surface area contributed by atoms with Gasteiger partial charge in [-0.15, -0.1) is 11.8 Å². The second-order valence-electron chi connectivity index (χ2n) is 16.5. The van der Waals surface area contributed by atoms with Crippen LogP contribution in [0.2, 0.25) is 0 Å². The maximum Gasteiger partial charge on any atom is 0.326 e. The number of unbranched alkanes of at least 4 members (excludes halogenated alkanes) is 22. The minimum absolute atomic E-state index is 0.121. The summed E-state index contributed by atoms with van der Waals surface area (Å²) in [7, 11) is 0. The van der Waals surface area contributed by atoms with E-state index in [1.807, 2.05) is 0 Å². The number of aliphatic carboxylic acids is 2. The van der Waals surface area contributed by atoms with Crippen LogP contribution in [0.1, 0.15) is 201 Å². The molecule has 0 radical (unpaired) electrons. The summed E-state index contributed by atoms with van der Waals surface area (Å²) in [6, 6.07) is -2.71. The molecule has 334 valence electrons. The average molecular weight is 831 g/mol. The van der Waals surface area contributed by atoms with Gasteiger partial charge in [0, 0.05) is 18.1 Å². The van der Waals surface area contributed by atoms with Crippen molar-refractivity contribution in [2.45, 2.75) is 242 Å². The van der Waals surface area contributed by atoms with E-state index >= 15 is 0 Å². The molecule has 1 heterocycles. The minimum Gasteiger partial charge on any atom is -0.481 e. The number of carboxylic acids is 2. The molecular weight excluding hydrogens is 749 g/mol. The number of aliphatic hydroxyl groups excluding tert-OH is 3. The molecule has 0 saturated carbocycles. The van der Waals surface area contributed by atoms with Crippen LogP contribution in [-0.2, 0) is 23.9 Å². The summed E-state index contributed by atoms with van der Waals surface area (Å²) < 4.78 is 5.70. The number of carboxylic acid groups (broad SMARTS) is 2. The molecule has 1 aliphatic rings. The molecule has 0 aromatic rings. The SMILES string of the molecule is CCCCCCCCCCCCCCC(CCCCCCCCCCCCCC)C(=O)N[C@H](CS[C@@H]1O[C@@H](C)[C@@H](O)[C@@H](O)[C@@H]1O)C(=O)N[C@H](CCC(=O)O)C(=O)O. The number of carbonyl (C=O) groups is 4. The number of nitrogens with one attached hydrogen (secondary N) is 2. The molecule has 1 saturated heterocycles. The third-order valence-electron chi connectivity index (χ3n) is 11.3. The Morgan fingerprint density at radius 1 is 0.544 bits per heavy atom. The third-order valence-corrected chi connectivity index (χ3v) is 12.6. The maximum atomic E-state index is 14.0. The molecule has 13 heteroatoms. The largest absolute Gasteiger partial charge is 0.481 e. The highest BCUT2D eigenvalue weighted by Crippen LogP contribution is 2.29. The van der Waals surface area contributed by atoms with E-state index in [4.69, 9.17) is 9.84 Å². The molecule has 1 rings (SSSR count). The lowest BCUT2D eigenvalue weighted by Gasteiger charge is -2.39. The Labute approximate surface area is 348 Å². The zero-order valence-corrected chi connectivity index (χ0v) is 36.6. The van der Waals surface area contributed by atoms with Crippen molar-refractivity contribution in [1.82, 2.24) is 10.6 Å². The van der Waals surface area contributed by atoms with Gasteiger partial charge < -0.3 is 40.9 Å². The Kier molecular flexibility index (Phi) is 31.5.